The molecular formula is C6H13F2N. The zero-order valence-electron chi connectivity index (χ0n) is 5.88. The van der Waals surface area contributed by atoms with E-state index in [-0.39, 0.29) is 13.0 Å². The number of nitrogens with one attached hydrogen (secondary N) is 1. The summed E-state index contributed by atoms with van der Waals surface area (Å²) in [6.45, 7) is 3.71. The summed E-state index contributed by atoms with van der Waals surface area (Å²) in [5, 5.41) is 2.59. The first-order valence-corrected chi connectivity index (χ1v) is 3.21. The molecule has 0 aromatic rings. The lowest BCUT2D eigenvalue weighted by Crippen LogP contribution is -2.31. The maximum atomic E-state index is 12.3. The molecule has 1 nitrogen and oxygen atoms in total. The third-order valence-corrected chi connectivity index (χ3v) is 1.15. The smallest absolute Gasteiger partial charge is 0.260 e. The molecule has 0 unspecified atom stereocenters. The van der Waals surface area contributed by atoms with Crippen molar-refractivity contribution in [3.63, 3.8) is 0 Å². The molecule has 1 N–H and O–H groups in total. The molecule has 0 atom stereocenters. The Bertz CT molecular complexity index is 73.5. The molecule has 0 rings (SSSR count). The Balaban J connectivity index is 3.33. The van der Waals surface area contributed by atoms with E-state index in [2.05, 4.69) is 5.32 Å². The van der Waals surface area contributed by atoms with Gasteiger partial charge in [-0.2, -0.15) is 0 Å². The topological polar surface area (TPSA) is 12.0 Å². The summed E-state index contributed by atoms with van der Waals surface area (Å²) in [6, 6.07) is 0. The van der Waals surface area contributed by atoms with Crippen molar-refractivity contribution in [2.24, 2.45) is 0 Å². The van der Waals surface area contributed by atoms with Crippen LogP contribution in [0.25, 0.3) is 0 Å². The van der Waals surface area contributed by atoms with Crippen LogP contribution < -0.4 is 5.32 Å². The molecule has 0 spiro atoms. The molecule has 0 aliphatic heterocycles. The van der Waals surface area contributed by atoms with Gasteiger partial charge in [-0.25, -0.2) is 8.78 Å². The summed E-state index contributed by atoms with van der Waals surface area (Å²) in [7, 11) is 0. The Hall–Kier alpha value is -0.180. The first-order valence-electron chi connectivity index (χ1n) is 3.21. The van der Waals surface area contributed by atoms with Gasteiger partial charge in [0.25, 0.3) is 5.92 Å². The lowest BCUT2D eigenvalue weighted by molar-refractivity contribution is -0.00106. The molecule has 0 amide bonds. The van der Waals surface area contributed by atoms with E-state index in [1.807, 2.05) is 6.92 Å². The second kappa shape index (κ2) is 3.77. The quantitative estimate of drug-likeness (QED) is 0.621. The van der Waals surface area contributed by atoms with Crippen molar-refractivity contribution < 1.29 is 8.78 Å². The molecule has 9 heavy (non-hydrogen) atoms. The zero-order chi connectivity index (χ0) is 7.33. The van der Waals surface area contributed by atoms with Crippen LogP contribution in [0.2, 0.25) is 0 Å². The standard InChI is InChI=1S/C6H13F2N/c1-3-6(7,8)5-9-4-2/h9H,3-5H2,1-2H3. The summed E-state index contributed by atoms with van der Waals surface area (Å²) in [6.07, 6.45) is -0.0833. The molecule has 0 aliphatic rings. The predicted octanol–water partition coefficient (Wildman–Crippen LogP) is 1.64. The van der Waals surface area contributed by atoms with Crippen molar-refractivity contribution in [1.82, 2.24) is 5.32 Å². The number of rotatable bonds is 4. The monoisotopic (exact) mass is 137 g/mol. The lowest BCUT2D eigenvalue weighted by atomic mass is 10.2. The summed E-state index contributed by atoms with van der Waals surface area (Å²) in [4.78, 5) is 0. The lowest BCUT2D eigenvalue weighted by Gasteiger charge is -2.12. The number of halogens is 2. The van der Waals surface area contributed by atoms with E-state index in [0.29, 0.717) is 6.54 Å². The third-order valence-electron chi connectivity index (χ3n) is 1.15. The van der Waals surface area contributed by atoms with Crippen LogP contribution in [0.3, 0.4) is 0 Å². The van der Waals surface area contributed by atoms with Gasteiger partial charge in [0.15, 0.2) is 0 Å². The van der Waals surface area contributed by atoms with Crippen LogP contribution in [0.15, 0.2) is 0 Å². The molecular weight excluding hydrogens is 124 g/mol. The van der Waals surface area contributed by atoms with Gasteiger partial charge in [0.2, 0.25) is 0 Å². The predicted molar refractivity (Wildman–Crippen MR) is 33.8 cm³/mol. The maximum absolute atomic E-state index is 12.3. The number of hydrogen-bond donors (Lipinski definition) is 1. The Kier molecular flexibility index (Phi) is 3.70. The number of alkyl halides is 2. The van der Waals surface area contributed by atoms with E-state index < -0.39 is 5.92 Å². The van der Waals surface area contributed by atoms with Crippen LogP contribution in [0.4, 0.5) is 8.78 Å². The van der Waals surface area contributed by atoms with Gasteiger partial charge in [-0.15, -0.1) is 0 Å². The molecule has 0 saturated heterocycles. The largest absolute Gasteiger partial charge is 0.311 e. The van der Waals surface area contributed by atoms with Gasteiger partial charge in [0, 0.05) is 6.42 Å². The van der Waals surface area contributed by atoms with Crippen LogP contribution in [-0.2, 0) is 0 Å². The molecule has 56 valence electrons. The van der Waals surface area contributed by atoms with E-state index >= 15 is 0 Å². The van der Waals surface area contributed by atoms with Crippen molar-refractivity contribution in [2.45, 2.75) is 26.2 Å². The van der Waals surface area contributed by atoms with Crippen LogP contribution in [0.1, 0.15) is 20.3 Å². The van der Waals surface area contributed by atoms with Gasteiger partial charge in [0.05, 0.1) is 6.54 Å². The summed E-state index contributed by atoms with van der Waals surface area (Å²) in [5.74, 6) is -2.52. The first-order chi connectivity index (χ1) is 4.12. The summed E-state index contributed by atoms with van der Waals surface area (Å²) in [5.41, 5.74) is 0. The number of hydrogen-bond acceptors (Lipinski definition) is 1. The highest BCUT2D eigenvalue weighted by atomic mass is 19.3. The SMILES string of the molecule is CCNCC(F)(F)CC. The fraction of sp³-hybridized carbons (Fsp3) is 1.00. The molecule has 0 aliphatic carbocycles. The Labute approximate surface area is 54.4 Å². The minimum Gasteiger partial charge on any atom is -0.311 e. The fourth-order valence-corrected chi connectivity index (χ4v) is 0.433. The second-order valence-corrected chi connectivity index (χ2v) is 1.99. The minimum atomic E-state index is -2.52. The van der Waals surface area contributed by atoms with E-state index in [1.54, 1.807) is 0 Å². The highest BCUT2D eigenvalue weighted by molar-refractivity contribution is 4.65. The Morgan fingerprint density at radius 3 is 2.22 bits per heavy atom. The van der Waals surface area contributed by atoms with Crippen LogP contribution >= 0.6 is 0 Å². The Morgan fingerprint density at radius 1 is 1.33 bits per heavy atom. The van der Waals surface area contributed by atoms with Crippen molar-refractivity contribution in [3.05, 3.63) is 0 Å². The van der Waals surface area contributed by atoms with Gasteiger partial charge in [0.1, 0.15) is 0 Å². The van der Waals surface area contributed by atoms with E-state index in [9.17, 15) is 8.78 Å². The van der Waals surface area contributed by atoms with Crippen LogP contribution in [0.5, 0.6) is 0 Å². The van der Waals surface area contributed by atoms with Crippen molar-refractivity contribution in [1.29, 1.82) is 0 Å². The summed E-state index contributed by atoms with van der Waals surface area (Å²) < 4.78 is 24.6. The first kappa shape index (κ1) is 8.82. The molecule has 0 saturated carbocycles. The average molecular weight is 137 g/mol. The Morgan fingerprint density at radius 2 is 1.89 bits per heavy atom. The highest BCUT2D eigenvalue weighted by Crippen LogP contribution is 2.15. The molecule has 0 aromatic carbocycles. The average Bonchev–Trinajstić information content (AvgIpc) is 1.84. The van der Waals surface area contributed by atoms with Gasteiger partial charge in [-0.1, -0.05) is 13.8 Å². The van der Waals surface area contributed by atoms with E-state index in [0.717, 1.165) is 0 Å². The third kappa shape index (κ3) is 4.33. The molecule has 0 heterocycles. The van der Waals surface area contributed by atoms with Gasteiger partial charge >= 0.3 is 0 Å². The zero-order valence-corrected chi connectivity index (χ0v) is 5.88. The van der Waals surface area contributed by atoms with E-state index in [1.165, 1.54) is 6.92 Å². The van der Waals surface area contributed by atoms with Gasteiger partial charge < -0.3 is 5.32 Å². The van der Waals surface area contributed by atoms with Crippen LogP contribution in [0, 0.1) is 0 Å². The molecule has 0 radical (unpaired) electrons. The van der Waals surface area contributed by atoms with Gasteiger partial charge in [-0.3, -0.25) is 0 Å². The highest BCUT2D eigenvalue weighted by Gasteiger charge is 2.24. The molecule has 0 fully saturated rings. The summed E-state index contributed by atoms with van der Waals surface area (Å²) >= 11 is 0. The molecule has 3 heteroatoms. The fourth-order valence-electron chi connectivity index (χ4n) is 0.433. The van der Waals surface area contributed by atoms with Crippen LogP contribution in [-0.4, -0.2) is 19.0 Å². The van der Waals surface area contributed by atoms with Crippen molar-refractivity contribution >= 4 is 0 Å². The molecule has 0 bridgehead atoms. The van der Waals surface area contributed by atoms with E-state index in [4.69, 9.17) is 0 Å². The van der Waals surface area contributed by atoms with Crippen molar-refractivity contribution in [2.75, 3.05) is 13.1 Å². The minimum absolute atomic E-state index is 0.0833. The second-order valence-electron chi connectivity index (χ2n) is 1.99. The van der Waals surface area contributed by atoms with Crippen molar-refractivity contribution in [3.8, 4) is 0 Å². The normalized spacial score (nSPS) is 12.0. The molecule has 0 aromatic heterocycles. The maximum Gasteiger partial charge on any atom is 0.260 e. The van der Waals surface area contributed by atoms with Gasteiger partial charge in [-0.05, 0) is 6.54 Å².